The summed E-state index contributed by atoms with van der Waals surface area (Å²) in [5, 5.41) is 0.785. The summed E-state index contributed by atoms with van der Waals surface area (Å²) >= 11 is 10.6. The number of alkyl halides is 1. The van der Waals surface area contributed by atoms with E-state index < -0.39 is 5.91 Å². The second-order valence-electron chi connectivity index (χ2n) is 4.48. The summed E-state index contributed by atoms with van der Waals surface area (Å²) in [6.45, 7) is 0. The second-order valence-corrected chi connectivity index (χ2v) is 6.71. The average Bonchev–Trinajstić information content (AvgIpc) is 2.96. The molecule has 4 nitrogen and oxygen atoms in total. The van der Waals surface area contributed by atoms with Crippen molar-refractivity contribution < 1.29 is 9.53 Å². The number of ether oxygens (including phenoxy) is 1. The maximum absolute atomic E-state index is 11.4. The summed E-state index contributed by atoms with van der Waals surface area (Å²) in [6.07, 6.45) is 1.61. The Balaban J connectivity index is 2.09. The minimum atomic E-state index is -0.476. The molecule has 7 heteroatoms. The van der Waals surface area contributed by atoms with Crippen LogP contribution in [0.2, 0.25) is 0 Å². The van der Waals surface area contributed by atoms with E-state index >= 15 is 0 Å². The molecule has 3 aromatic rings. The van der Waals surface area contributed by atoms with E-state index in [2.05, 4.69) is 20.9 Å². The standard InChI is InChI=1S/C15H10BrClN2O2S/c16-8-1-3-9(4-2-8)21-12-7-19-11(6-17)14-10(12)5-13(22-14)15(18)20/h1-5,7H,6H2,(H2,18,20). The molecule has 0 aliphatic carbocycles. The van der Waals surface area contributed by atoms with Gasteiger partial charge in [0, 0.05) is 9.86 Å². The lowest BCUT2D eigenvalue weighted by molar-refractivity contribution is 0.100. The molecule has 0 bridgehead atoms. The number of fused-ring (bicyclic) bond motifs is 1. The van der Waals surface area contributed by atoms with Crippen molar-refractivity contribution >= 4 is 54.9 Å². The molecule has 3 rings (SSSR count). The second kappa shape index (κ2) is 6.24. The lowest BCUT2D eigenvalue weighted by atomic mass is 10.2. The quantitative estimate of drug-likeness (QED) is 0.650. The summed E-state index contributed by atoms with van der Waals surface area (Å²) in [6, 6.07) is 9.17. The Bertz CT molecular complexity index is 849. The van der Waals surface area contributed by atoms with E-state index in [1.165, 1.54) is 11.3 Å². The number of pyridine rings is 1. The summed E-state index contributed by atoms with van der Waals surface area (Å²) in [5.74, 6) is 1.02. The van der Waals surface area contributed by atoms with Gasteiger partial charge in [0.15, 0.2) is 5.75 Å². The molecule has 2 N–H and O–H groups in total. The number of halogens is 2. The molecule has 0 saturated carbocycles. The number of nitrogens with zero attached hydrogens (tertiary/aromatic N) is 1. The number of primary amides is 1. The van der Waals surface area contributed by atoms with Gasteiger partial charge in [0.2, 0.25) is 0 Å². The molecular formula is C15H10BrClN2O2S. The normalized spacial score (nSPS) is 10.8. The molecule has 0 unspecified atom stereocenters. The van der Waals surface area contributed by atoms with Crippen molar-refractivity contribution in [3.63, 3.8) is 0 Å². The van der Waals surface area contributed by atoms with E-state index in [1.807, 2.05) is 24.3 Å². The van der Waals surface area contributed by atoms with Crippen molar-refractivity contribution in [1.29, 1.82) is 0 Å². The topological polar surface area (TPSA) is 65.2 Å². The van der Waals surface area contributed by atoms with Gasteiger partial charge in [-0.15, -0.1) is 22.9 Å². The molecule has 0 saturated heterocycles. The van der Waals surface area contributed by atoms with Gasteiger partial charge in [-0.2, -0.15) is 0 Å². The smallest absolute Gasteiger partial charge is 0.258 e. The molecule has 0 atom stereocenters. The third kappa shape index (κ3) is 2.95. The van der Waals surface area contributed by atoms with Crippen LogP contribution in [0.4, 0.5) is 0 Å². The first-order valence-corrected chi connectivity index (χ1v) is 8.43. The van der Waals surface area contributed by atoms with Gasteiger partial charge in [0.05, 0.1) is 27.3 Å². The number of amides is 1. The monoisotopic (exact) mass is 396 g/mol. The van der Waals surface area contributed by atoms with Gasteiger partial charge in [0.25, 0.3) is 5.91 Å². The van der Waals surface area contributed by atoms with Crippen molar-refractivity contribution in [2.75, 3.05) is 0 Å². The van der Waals surface area contributed by atoms with Gasteiger partial charge >= 0.3 is 0 Å². The van der Waals surface area contributed by atoms with Crippen molar-refractivity contribution in [1.82, 2.24) is 4.98 Å². The lowest BCUT2D eigenvalue weighted by Crippen LogP contribution is -2.08. The van der Waals surface area contributed by atoms with Crippen LogP contribution < -0.4 is 10.5 Å². The summed E-state index contributed by atoms with van der Waals surface area (Å²) < 4.78 is 7.65. The van der Waals surface area contributed by atoms with Gasteiger partial charge in [-0.05, 0) is 30.3 Å². The molecule has 22 heavy (non-hydrogen) atoms. The van der Waals surface area contributed by atoms with E-state index in [1.54, 1.807) is 12.3 Å². The van der Waals surface area contributed by atoms with E-state index in [0.29, 0.717) is 22.1 Å². The highest BCUT2D eigenvalue weighted by molar-refractivity contribution is 9.10. The molecule has 0 spiro atoms. The van der Waals surface area contributed by atoms with Gasteiger partial charge < -0.3 is 10.5 Å². The number of benzene rings is 1. The van der Waals surface area contributed by atoms with Crippen molar-refractivity contribution in [2.45, 2.75) is 5.88 Å². The van der Waals surface area contributed by atoms with Crippen LogP contribution in [-0.4, -0.2) is 10.9 Å². The number of hydrogen-bond acceptors (Lipinski definition) is 4. The first-order valence-electron chi connectivity index (χ1n) is 6.29. The Morgan fingerprint density at radius 2 is 2.09 bits per heavy atom. The Morgan fingerprint density at radius 3 is 2.73 bits per heavy atom. The third-order valence-electron chi connectivity index (χ3n) is 3.01. The Hall–Kier alpha value is -1.63. The Labute approximate surface area is 144 Å². The highest BCUT2D eigenvalue weighted by Gasteiger charge is 2.15. The van der Waals surface area contributed by atoms with Crippen LogP contribution in [0.1, 0.15) is 15.4 Å². The number of thiophene rings is 1. The summed E-state index contributed by atoms with van der Waals surface area (Å²) in [5.41, 5.74) is 6.07. The zero-order valence-electron chi connectivity index (χ0n) is 11.2. The largest absolute Gasteiger partial charge is 0.455 e. The van der Waals surface area contributed by atoms with Gasteiger partial charge in [-0.25, -0.2) is 0 Å². The predicted octanol–water partition coefficient (Wildman–Crippen LogP) is 4.69. The average molecular weight is 398 g/mol. The number of nitrogens with two attached hydrogens (primary N) is 1. The van der Waals surface area contributed by atoms with Crippen LogP contribution in [-0.2, 0) is 5.88 Å². The fourth-order valence-electron chi connectivity index (χ4n) is 1.98. The van der Waals surface area contributed by atoms with Gasteiger partial charge in [0.1, 0.15) is 5.75 Å². The van der Waals surface area contributed by atoms with Crippen molar-refractivity contribution in [3.05, 3.63) is 51.6 Å². The highest BCUT2D eigenvalue weighted by atomic mass is 79.9. The SMILES string of the molecule is NC(=O)c1cc2c(Oc3ccc(Br)cc3)cnc(CCl)c2s1. The first kappa shape index (κ1) is 15.3. The minimum absolute atomic E-state index is 0.258. The fraction of sp³-hybridized carbons (Fsp3) is 0.0667. The summed E-state index contributed by atoms with van der Waals surface area (Å²) in [4.78, 5) is 16.2. The molecule has 0 aliphatic heterocycles. The van der Waals surface area contributed by atoms with Crippen molar-refractivity contribution in [2.24, 2.45) is 5.73 Å². The van der Waals surface area contributed by atoms with Crippen LogP contribution in [0.3, 0.4) is 0 Å². The lowest BCUT2D eigenvalue weighted by Gasteiger charge is -2.08. The Kier molecular flexibility index (Phi) is 4.33. The van der Waals surface area contributed by atoms with Crippen LogP contribution in [0.5, 0.6) is 11.5 Å². The number of carbonyl (C=O) groups excluding carboxylic acids is 1. The molecule has 0 radical (unpaired) electrons. The molecule has 1 aromatic carbocycles. The maximum atomic E-state index is 11.4. The zero-order valence-corrected chi connectivity index (χ0v) is 14.3. The maximum Gasteiger partial charge on any atom is 0.258 e. The highest BCUT2D eigenvalue weighted by Crippen LogP contribution is 2.37. The fourth-order valence-corrected chi connectivity index (χ4v) is 3.54. The van der Waals surface area contributed by atoms with Crippen LogP contribution in [0.25, 0.3) is 10.1 Å². The molecule has 0 fully saturated rings. The predicted molar refractivity (Wildman–Crippen MR) is 91.9 cm³/mol. The summed E-state index contributed by atoms with van der Waals surface area (Å²) in [7, 11) is 0. The Morgan fingerprint density at radius 1 is 1.36 bits per heavy atom. The van der Waals surface area contributed by atoms with Gasteiger partial charge in [-0.3, -0.25) is 9.78 Å². The minimum Gasteiger partial charge on any atom is -0.455 e. The number of rotatable bonds is 4. The van der Waals surface area contributed by atoms with E-state index in [-0.39, 0.29) is 5.88 Å². The first-order chi connectivity index (χ1) is 10.6. The van der Waals surface area contributed by atoms with Crippen molar-refractivity contribution in [3.8, 4) is 11.5 Å². The van der Waals surface area contributed by atoms with Crippen LogP contribution in [0.15, 0.2) is 41.0 Å². The molecule has 2 aromatic heterocycles. The van der Waals surface area contributed by atoms with E-state index in [0.717, 1.165) is 14.6 Å². The molecule has 112 valence electrons. The van der Waals surface area contributed by atoms with E-state index in [4.69, 9.17) is 22.1 Å². The zero-order chi connectivity index (χ0) is 15.7. The van der Waals surface area contributed by atoms with E-state index in [9.17, 15) is 4.79 Å². The molecular weight excluding hydrogens is 388 g/mol. The van der Waals surface area contributed by atoms with Crippen LogP contribution in [0, 0.1) is 0 Å². The number of hydrogen-bond donors (Lipinski definition) is 1. The number of aromatic nitrogens is 1. The molecule has 1 amide bonds. The molecule has 2 heterocycles. The third-order valence-corrected chi connectivity index (χ3v) is 4.99. The molecule has 0 aliphatic rings. The van der Waals surface area contributed by atoms with Crippen LogP contribution >= 0.6 is 38.9 Å². The van der Waals surface area contributed by atoms with Gasteiger partial charge in [-0.1, -0.05) is 15.9 Å². The number of carbonyl (C=O) groups is 1.